The molecule has 2 heteroatoms. The van der Waals surface area contributed by atoms with E-state index in [2.05, 4.69) is 24.0 Å². The minimum Gasteiger partial charge on any atom is -0.397 e. The van der Waals surface area contributed by atoms with Gasteiger partial charge in [0.25, 0.3) is 0 Å². The van der Waals surface area contributed by atoms with Gasteiger partial charge < -0.3 is 5.73 Å². The van der Waals surface area contributed by atoms with Gasteiger partial charge in [0.1, 0.15) is 0 Å². The van der Waals surface area contributed by atoms with Crippen molar-refractivity contribution in [2.24, 2.45) is 4.99 Å². The normalized spacial score (nSPS) is 15.7. The molecule has 0 bridgehead atoms. The number of aryl methyl sites for hydroxylation is 1. The van der Waals surface area contributed by atoms with Crippen LogP contribution in [0, 0.1) is 0 Å². The molecule has 0 saturated heterocycles. The first-order valence-corrected chi connectivity index (χ1v) is 5.74. The lowest BCUT2D eigenvalue weighted by atomic mass is 10.1. The maximum atomic E-state index is 5.92. The largest absolute Gasteiger partial charge is 0.397 e. The summed E-state index contributed by atoms with van der Waals surface area (Å²) in [7, 11) is 0. The molecule has 0 amide bonds. The van der Waals surface area contributed by atoms with Gasteiger partial charge in [-0.2, -0.15) is 0 Å². The number of nitrogen functional groups attached to an aromatic ring is 1. The molecule has 0 aliphatic heterocycles. The summed E-state index contributed by atoms with van der Waals surface area (Å²) in [5.41, 5.74) is 10.3. The number of benzene rings is 1. The molecular weight excluding hydrogens is 184 g/mol. The number of hydrogen-bond acceptors (Lipinski definition) is 2. The van der Waals surface area contributed by atoms with Crippen LogP contribution in [0.2, 0.25) is 0 Å². The summed E-state index contributed by atoms with van der Waals surface area (Å²) in [6, 6.07) is 6.15. The number of aliphatic imine (C=N–C) groups is 1. The van der Waals surface area contributed by atoms with Crippen LogP contribution in [0.25, 0.3) is 0 Å². The molecule has 2 rings (SSSR count). The highest BCUT2D eigenvalue weighted by Crippen LogP contribution is 2.26. The molecule has 1 aromatic rings. The molecule has 2 N–H and O–H groups in total. The van der Waals surface area contributed by atoms with Crippen LogP contribution in [0.1, 0.15) is 38.2 Å². The first kappa shape index (κ1) is 10.2. The Morgan fingerprint density at radius 1 is 1.27 bits per heavy atom. The summed E-state index contributed by atoms with van der Waals surface area (Å²) in [6.45, 7) is 2.15. The fraction of sp³-hybridized carbons (Fsp3) is 0.462. The molecule has 1 aliphatic carbocycles. The van der Waals surface area contributed by atoms with Crippen molar-refractivity contribution in [3.63, 3.8) is 0 Å². The summed E-state index contributed by atoms with van der Waals surface area (Å²) in [6.07, 6.45) is 5.90. The number of nitrogens with zero attached hydrogens (tertiary/aromatic N) is 1. The van der Waals surface area contributed by atoms with Gasteiger partial charge in [0.05, 0.1) is 11.4 Å². The Morgan fingerprint density at radius 2 is 2.00 bits per heavy atom. The van der Waals surface area contributed by atoms with Gasteiger partial charge in [-0.15, -0.1) is 0 Å². The first-order valence-electron chi connectivity index (χ1n) is 5.74. The molecule has 1 saturated carbocycles. The van der Waals surface area contributed by atoms with Gasteiger partial charge in [-0.3, -0.25) is 4.99 Å². The van der Waals surface area contributed by atoms with Crippen LogP contribution in [-0.2, 0) is 6.42 Å². The number of anilines is 1. The molecule has 0 heterocycles. The predicted molar refractivity (Wildman–Crippen MR) is 65.8 cm³/mol. The van der Waals surface area contributed by atoms with Crippen molar-refractivity contribution < 1.29 is 0 Å². The van der Waals surface area contributed by atoms with Gasteiger partial charge >= 0.3 is 0 Å². The SMILES string of the molecule is CCc1ccc(N)c(N=C2CCCC2)c1. The second kappa shape index (κ2) is 4.47. The zero-order valence-electron chi connectivity index (χ0n) is 9.29. The zero-order valence-corrected chi connectivity index (χ0v) is 9.29. The zero-order chi connectivity index (χ0) is 10.7. The van der Waals surface area contributed by atoms with E-state index in [0.717, 1.165) is 30.6 Å². The van der Waals surface area contributed by atoms with Crippen LogP contribution in [-0.4, -0.2) is 5.71 Å². The molecule has 1 aliphatic rings. The monoisotopic (exact) mass is 202 g/mol. The number of nitrogens with two attached hydrogens (primary N) is 1. The molecule has 0 unspecified atom stereocenters. The van der Waals surface area contributed by atoms with Crippen molar-refractivity contribution in [2.45, 2.75) is 39.0 Å². The quantitative estimate of drug-likeness (QED) is 0.732. The lowest BCUT2D eigenvalue weighted by Crippen LogP contribution is -1.91. The maximum Gasteiger partial charge on any atom is 0.0860 e. The van der Waals surface area contributed by atoms with E-state index in [1.165, 1.54) is 24.1 Å². The number of hydrogen-bond donors (Lipinski definition) is 1. The molecule has 0 aromatic heterocycles. The van der Waals surface area contributed by atoms with E-state index in [9.17, 15) is 0 Å². The Bertz CT molecular complexity index is 372. The van der Waals surface area contributed by atoms with Gasteiger partial charge in [0, 0.05) is 5.71 Å². The Kier molecular flexibility index (Phi) is 3.05. The van der Waals surface area contributed by atoms with Crippen LogP contribution < -0.4 is 5.73 Å². The standard InChI is InChI=1S/C13H18N2/c1-2-10-7-8-12(14)13(9-10)15-11-5-3-4-6-11/h7-9H,2-6,14H2,1H3. The molecule has 0 spiro atoms. The lowest BCUT2D eigenvalue weighted by Gasteiger charge is -2.04. The average Bonchev–Trinajstić information content (AvgIpc) is 2.74. The van der Waals surface area contributed by atoms with E-state index in [4.69, 9.17) is 5.73 Å². The molecular formula is C13H18N2. The van der Waals surface area contributed by atoms with Gasteiger partial charge in [-0.25, -0.2) is 0 Å². The smallest absolute Gasteiger partial charge is 0.0860 e. The van der Waals surface area contributed by atoms with Crippen LogP contribution in [0.5, 0.6) is 0 Å². The third-order valence-electron chi connectivity index (χ3n) is 2.96. The average molecular weight is 202 g/mol. The second-order valence-corrected chi connectivity index (χ2v) is 4.13. The third kappa shape index (κ3) is 2.38. The summed E-state index contributed by atoms with van der Waals surface area (Å²) >= 11 is 0. The highest BCUT2D eigenvalue weighted by Gasteiger charge is 2.09. The third-order valence-corrected chi connectivity index (χ3v) is 2.96. The van der Waals surface area contributed by atoms with E-state index in [-0.39, 0.29) is 0 Å². The van der Waals surface area contributed by atoms with Crippen molar-refractivity contribution >= 4 is 17.1 Å². The Labute approximate surface area is 91.2 Å². The predicted octanol–water partition coefficient (Wildman–Crippen LogP) is 3.48. The van der Waals surface area contributed by atoms with Crippen molar-refractivity contribution in [1.82, 2.24) is 0 Å². The minimum absolute atomic E-state index is 0.798. The highest BCUT2D eigenvalue weighted by atomic mass is 14.8. The van der Waals surface area contributed by atoms with Gasteiger partial charge in [-0.05, 0) is 49.8 Å². The van der Waals surface area contributed by atoms with Crippen molar-refractivity contribution in [3.05, 3.63) is 23.8 Å². The highest BCUT2D eigenvalue weighted by molar-refractivity contribution is 5.89. The summed E-state index contributed by atoms with van der Waals surface area (Å²) in [4.78, 5) is 4.66. The summed E-state index contributed by atoms with van der Waals surface area (Å²) < 4.78 is 0. The van der Waals surface area contributed by atoms with Crippen molar-refractivity contribution in [2.75, 3.05) is 5.73 Å². The van der Waals surface area contributed by atoms with E-state index in [0.29, 0.717) is 0 Å². The van der Waals surface area contributed by atoms with Crippen LogP contribution >= 0.6 is 0 Å². The van der Waals surface area contributed by atoms with Crippen LogP contribution in [0.4, 0.5) is 11.4 Å². The molecule has 2 nitrogen and oxygen atoms in total. The second-order valence-electron chi connectivity index (χ2n) is 4.13. The van der Waals surface area contributed by atoms with Crippen LogP contribution in [0.3, 0.4) is 0 Å². The van der Waals surface area contributed by atoms with Gasteiger partial charge in [-0.1, -0.05) is 13.0 Å². The van der Waals surface area contributed by atoms with E-state index >= 15 is 0 Å². The van der Waals surface area contributed by atoms with Crippen LogP contribution in [0.15, 0.2) is 23.2 Å². The summed E-state index contributed by atoms with van der Waals surface area (Å²) in [5.74, 6) is 0. The van der Waals surface area contributed by atoms with Crippen molar-refractivity contribution in [1.29, 1.82) is 0 Å². The molecule has 0 radical (unpaired) electrons. The molecule has 15 heavy (non-hydrogen) atoms. The summed E-state index contributed by atoms with van der Waals surface area (Å²) in [5, 5.41) is 0. The lowest BCUT2D eigenvalue weighted by molar-refractivity contribution is 0.886. The molecule has 1 fully saturated rings. The Morgan fingerprint density at radius 3 is 2.67 bits per heavy atom. The first-order chi connectivity index (χ1) is 7.29. The molecule has 0 atom stereocenters. The molecule has 1 aromatic carbocycles. The van der Waals surface area contributed by atoms with E-state index < -0.39 is 0 Å². The Hall–Kier alpha value is -1.31. The topological polar surface area (TPSA) is 38.4 Å². The van der Waals surface area contributed by atoms with Crippen molar-refractivity contribution in [3.8, 4) is 0 Å². The fourth-order valence-corrected chi connectivity index (χ4v) is 1.97. The van der Waals surface area contributed by atoms with E-state index in [1.807, 2.05) is 6.07 Å². The fourth-order valence-electron chi connectivity index (χ4n) is 1.97. The van der Waals surface area contributed by atoms with E-state index in [1.54, 1.807) is 0 Å². The minimum atomic E-state index is 0.798. The molecule has 80 valence electrons. The van der Waals surface area contributed by atoms with Gasteiger partial charge in [0.15, 0.2) is 0 Å². The maximum absolute atomic E-state index is 5.92. The Balaban J connectivity index is 2.29. The van der Waals surface area contributed by atoms with Gasteiger partial charge in [0.2, 0.25) is 0 Å². The number of rotatable bonds is 2.